The number of rotatable bonds is 2. The zero-order valence-electron chi connectivity index (χ0n) is 9.66. The zero-order valence-corrected chi connectivity index (χ0v) is 10.4. The first-order chi connectivity index (χ1) is 8.16. The summed E-state index contributed by atoms with van der Waals surface area (Å²) in [6.07, 6.45) is 2.34. The van der Waals surface area contributed by atoms with Gasteiger partial charge in [-0.1, -0.05) is 41.6 Å². The lowest BCUT2D eigenvalue weighted by atomic mass is 10.1. The first-order valence-electron chi connectivity index (χ1n) is 5.69. The fourth-order valence-corrected chi connectivity index (χ4v) is 1.78. The fourth-order valence-electron chi connectivity index (χ4n) is 1.53. The molecule has 0 spiro atoms. The van der Waals surface area contributed by atoms with Crippen LogP contribution in [0.15, 0.2) is 24.3 Å². The first-order valence-corrected chi connectivity index (χ1v) is 6.07. The molecule has 1 N–H and O–H groups in total. The van der Waals surface area contributed by atoms with Gasteiger partial charge in [-0.15, -0.1) is 0 Å². The monoisotopic (exact) mass is 247 g/mol. The normalized spacial score (nSPS) is 15.6. The summed E-state index contributed by atoms with van der Waals surface area (Å²) in [6, 6.07) is 7.16. The van der Waals surface area contributed by atoms with E-state index in [9.17, 15) is 4.79 Å². The highest BCUT2D eigenvalue weighted by Crippen LogP contribution is 2.28. The Labute approximate surface area is 106 Å². The van der Waals surface area contributed by atoms with E-state index in [1.807, 2.05) is 24.3 Å². The second kappa shape index (κ2) is 5.25. The van der Waals surface area contributed by atoms with Gasteiger partial charge in [-0.05, 0) is 18.9 Å². The first kappa shape index (κ1) is 12.0. The highest BCUT2D eigenvalue weighted by molar-refractivity contribution is 6.31. The van der Waals surface area contributed by atoms with Crippen LogP contribution in [0.1, 0.15) is 31.4 Å². The maximum absolute atomic E-state index is 11.2. The summed E-state index contributed by atoms with van der Waals surface area (Å²) in [5.74, 6) is 6.68. The van der Waals surface area contributed by atoms with Crippen molar-refractivity contribution in [1.29, 1.82) is 0 Å². The molecule has 1 fully saturated rings. The Morgan fingerprint density at radius 3 is 2.76 bits per heavy atom. The van der Waals surface area contributed by atoms with Crippen molar-refractivity contribution in [3.8, 4) is 11.8 Å². The van der Waals surface area contributed by atoms with Gasteiger partial charge in [0.15, 0.2) is 0 Å². The lowest BCUT2D eigenvalue weighted by molar-refractivity contribution is -0.119. The maximum atomic E-state index is 11.2. The Hall–Kier alpha value is -1.46. The van der Waals surface area contributed by atoms with Crippen molar-refractivity contribution >= 4 is 17.5 Å². The van der Waals surface area contributed by atoms with E-state index in [1.165, 1.54) is 19.8 Å². The molecule has 0 aliphatic heterocycles. The van der Waals surface area contributed by atoms with Crippen molar-refractivity contribution in [2.45, 2.75) is 25.8 Å². The third-order valence-electron chi connectivity index (χ3n) is 2.57. The minimum Gasteiger partial charge on any atom is -0.339 e. The highest BCUT2D eigenvalue weighted by Gasteiger charge is 2.19. The van der Waals surface area contributed by atoms with Gasteiger partial charge in [0.2, 0.25) is 5.91 Å². The zero-order chi connectivity index (χ0) is 12.3. The van der Waals surface area contributed by atoms with E-state index in [0.29, 0.717) is 10.9 Å². The fraction of sp³-hybridized carbons (Fsp3) is 0.357. The molecule has 88 valence electrons. The number of amides is 1. The molecule has 0 saturated heterocycles. The Balaban J connectivity index is 2.23. The van der Waals surface area contributed by atoms with Crippen LogP contribution in [-0.4, -0.2) is 5.91 Å². The summed E-state index contributed by atoms with van der Waals surface area (Å²) < 4.78 is 0. The summed E-state index contributed by atoms with van der Waals surface area (Å²) in [7, 11) is 0. The molecule has 1 saturated carbocycles. The topological polar surface area (TPSA) is 29.1 Å². The van der Waals surface area contributed by atoms with Gasteiger partial charge in [0.25, 0.3) is 0 Å². The Morgan fingerprint density at radius 2 is 2.18 bits per heavy atom. The van der Waals surface area contributed by atoms with Crippen LogP contribution in [0.3, 0.4) is 0 Å². The van der Waals surface area contributed by atoms with E-state index in [2.05, 4.69) is 17.2 Å². The van der Waals surface area contributed by atoms with Crippen molar-refractivity contribution in [2.24, 2.45) is 5.92 Å². The van der Waals surface area contributed by atoms with Crippen LogP contribution in [0.2, 0.25) is 5.02 Å². The predicted octanol–water partition coefficient (Wildman–Crippen LogP) is 2.93. The number of benzene rings is 1. The quantitative estimate of drug-likeness (QED) is 0.800. The Kier molecular flexibility index (Phi) is 3.71. The van der Waals surface area contributed by atoms with Crippen molar-refractivity contribution in [3.63, 3.8) is 0 Å². The minimum atomic E-state index is -0.304. The van der Waals surface area contributed by atoms with Gasteiger partial charge in [0.1, 0.15) is 6.04 Å². The molecular formula is C14H14ClNO. The van der Waals surface area contributed by atoms with Crippen LogP contribution >= 0.6 is 11.6 Å². The number of halogens is 1. The summed E-state index contributed by atoms with van der Waals surface area (Å²) >= 11 is 6.11. The molecule has 1 aliphatic carbocycles. The van der Waals surface area contributed by atoms with E-state index in [4.69, 9.17) is 11.6 Å². The van der Waals surface area contributed by atoms with Crippen LogP contribution in [-0.2, 0) is 4.79 Å². The lowest BCUT2D eigenvalue weighted by Crippen LogP contribution is -2.25. The summed E-state index contributed by atoms with van der Waals surface area (Å²) in [5.41, 5.74) is 0.859. The molecule has 2 rings (SSSR count). The SMILES string of the molecule is CC(=O)N[C@H](C#CC1CC1)c1ccccc1Cl. The molecule has 0 aromatic heterocycles. The average molecular weight is 248 g/mol. The van der Waals surface area contributed by atoms with Crippen molar-refractivity contribution in [1.82, 2.24) is 5.32 Å². The van der Waals surface area contributed by atoms with Gasteiger partial charge in [0, 0.05) is 23.4 Å². The van der Waals surface area contributed by atoms with E-state index in [0.717, 1.165) is 5.56 Å². The van der Waals surface area contributed by atoms with Crippen LogP contribution in [0.25, 0.3) is 0 Å². The molecule has 1 aromatic rings. The number of carbonyl (C=O) groups is 1. The van der Waals surface area contributed by atoms with Gasteiger partial charge in [-0.25, -0.2) is 0 Å². The molecule has 17 heavy (non-hydrogen) atoms. The van der Waals surface area contributed by atoms with E-state index < -0.39 is 0 Å². The van der Waals surface area contributed by atoms with Crippen molar-refractivity contribution < 1.29 is 4.79 Å². The molecule has 1 amide bonds. The highest BCUT2D eigenvalue weighted by atomic mass is 35.5. The van der Waals surface area contributed by atoms with Crippen LogP contribution in [0, 0.1) is 17.8 Å². The number of hydrogen-bond donors (Lipinski definition) is 1. The predicted molar refractivity (Wildman–Crippen MR) is 68.5 cm³/mol. The molecule has 0 unspecified atom stereocenters. The van der Waals surface area contributed by atoms with Crippen molar-refractivity contribution in [2.75, 3.05) is 0 Å². The van der Waals surface area contributed by atoms with Crippen LogP contribution in [0.4, 0.5) is 0 Å². The van der Waals surface area contributed by atoms with E-state index >= 15 is 0 Å². The maximum Gasteiger partial charge on any atom is 0.218 e. The Bertz CT molecular complexity index is 482. The molecule has 1 aromatic carbocycles. The van der Waals surface area contributed by atoms with Crippen molar-refractivity contribution in [3.05, 3.63) is 34.9 Å². The van der Waals surface area contributed by atoms with Gasteiger partial charge in [-0.2, -0.15) is 0 Å². The molecule has 0 radical (unpaired) electrons. The average Bonchev–Trinajstić information content (AvgIpc) is 3.08. The molecule has 1 atom stereocenters. The van der Waals surface area contributed by atoms with Crippen LogP contribution in [0.5, 0.6) is 0 Å². The molecule has 0 heterocycles. The number of carbonyl (C=O) groups excluding carboxylic acids is 1. The molecule has 1 aliphatic rings. The van der Waals surface area contributed by atoms with Gasteiger partial charge >= 0.3 is 0 Å². The van der Waals surface area contributed by atoms with Crippen LogP contribution < -0.4 is 5.32 Å². The third kappa shape index (κ3) is 3.51. The number of nitrogens with one attached hydrogen (secondary N) is 1. The molecule has 3 heteroatoms. The molecule has 2 nitrogen and oxygen atoms in total. The van der Waals surface area contributed by atoms with Gasteiger partial charge in [-0.3, -0.25) is 4.79 Å². The summed E-state index contributed by atoms with van der Waals surface area (Å²) in [4.78, 5) is 11.2. The van der Waals surface area contributed by atoms with E-state index in [-0.39, 0.29) is 11.9 Å². The largest absolute Gasteiger partial charge is 0.339 e. The summed E-state index contributed by atoms with van der Waals surface area (Å²) in [6.45, 7) is 1.49. The standard InChI is InChI=1S/C14H14ClNO/c1-10(17)16-14(9-8-11-6-7-11)12-4-2-3-5-13(12)15/h2-5,11,14H,6-7H2,1H3,(H,16,17)/t14-/m1/s1. The minimum absolute atomic E-state index is 0.0972. The second-order valence-corrected chi connectivity index (χ2v) is 4.63. The third-order valence-corrected chi connectivity index (χ3v) is 2.92. The molecular weight excluding hydrogens is 234 g/mol. The Morgan fingerprint density at radius 1 is 1.47 bits per heavy atom. The van der Waals surface area contributed by atoms with Gasteiger partial charge < -0.3 is 5.32 Å². The smallest absolute Gasteiger partial charge is 0.218 e. The van der Waals surface area contributed by atoms with E-state index in [1.54, 1.807) is 0 Å². The summed E-state index contributed by atoms with van der Waals surface area (Å²) in [5, 5.41) is 3.46. The second-order valence-electron chi connectivity index (χ2n) is 4.22. The van der Waals surface area contributed by atoms with Gasteiger partial charge in [0.05, 0.1) is 0 Å². The molecule has 0 bridgehead atoms. The lowest BCUT2D eigenvalue weighted by Gasteiger charge is -2.13. The number of hydrogen-bond acceptors (Lipinski definition) is 1.